The number of imidazole rings is 1. The van der Waals surface area contributed by atoms with Crippen molar-refractivity contribution in [2.75, 3.05) is 7.11 Å². The number of carbonyl (C=O) groups excluding carboxylic acids is 2. The molecular formula is C18H20N4O3. The van der Waals surface area contributed by atoms with Gasteiger partial charge in [-0.05, 0) is 31.0 Å². The smallest absolute Gasteiger partial charge is 0.339 e. The Balaban J connectivity index is 1.79. The lowest BCUT2D eigenvalue weighted by Crippen LogP contribution is -2.24. The molecule has 2 aromatic heterocycles. The number of methoxy groups -OCH3 is 1. The first kappa shape index (κ1) is 16.8. The van der Waals surface area contributed by atoms with Gasteiger partial charge < -0.3 is 20.0 Å². The van der Waals surface area contributed by atoms with Crippen LogP contribution in [0.5, 0.6) is 0 Å². The van der Waals surface area contributed by atoms with E-state index in [0.717, 1.165) is 11.0 Å². The Labute approximate surface area is 144 Å². The number of nitrogens with one attached hydrogen (secondary N) is 3. The number of aromatic amines is 2. The number of para-hydroxylation sites is 2. The summed E-state index contributed by atoms with van der Waals surface area (Å²) in [6, 6.07) is 7.67. The van der Waals surface area contributed by atoms with E-state index in [0.29, 0.717) is 34.8 Å². The van der Waals surface area contributed by atoms with Crippen molar-refractivity contribution in [1.29, 1.82) is 0 Å². The van der Waals surface area contributed by atoms with Gasteiger partial charge in [0, 0.05) is 5.69 Å². The summed E-state index contributed by atoms with van der Waals surface area (Å²) in [5.41, 5.74) is 3.85. The summed E-state index contributed by atoms with van der Waals surface area (Å²) < 4.78 is 4.81. The van der Waals surface area contributed by atoms with E-state index >= 15 is 0 Å². The van der Waals surface area contributed by atoms with Crippen molar-refractivity contribution < 1.29 is 14.3 Å². The van der Waals surface area contributed by atoms with E-state index in [-0.39, 0.29) is 12.5 Å². The number of amides is 1. The standard InChI is InChI=1S/C18H20N4O3/c1-4-11-15(18(24)25-3)10(2)16(22-11)17(23)19-9-14-20-12-7-5-6-8-13(12)21-14/h5-8,22H,4,9H2,1-3H3,(H,19,23)(H,20,21). The van der Waals surface area contributed by atoms with E-state index in [9.17, 15) is 9.59 Å². The van der Waals surface area contributed by atoms with Crippen molar-refractivity contribution in [3.63, 3.8) is 0 Å². The van der Waals surface area contributed by atoms with Crippen LogP contribution in [-0.2, 0) is 17.7 Å². The van der Waals surface area contributed by atoms with E-state index in [4.69, 9.17) is 4.74 Å². The van der Waals surface area contributed by atoms with E-state index in [1.807, 2.05) is 31.2 Å². The average Bonchev–Trinajstić information content (AvgIpc) is 3.19. The maximum Gasteiger partial charge on any atom is 0.339 e. The lowest BCUT2D eigenvalue weighted by Gasteiger charge is -2.03. The molecule has 0 aliphatic heterocycles. The van der Waals surface area contributed by atoms with Crippen molar-refractivity contribution in [3.05, 3.63) is 52.6 Å². The van der Waals surface area contributed by atoms with Gasteiger partial charge in [-0.1, -0.05) is 19.1 Å². The van der Waals surface area contributed by atoms with Gasteiger partial charge in [0.2, 0.25) is 0 Å². The summed E-state index contributed by atoms with van der Waals surface area (Å²) in [5, 5.41) is 2.82. The number of nitrogens with zero attached hydrogens (tertiary/aromatic N) is 1. The predicted molar refractivity (Wildman–Crippen MR) is 93.5 cm³/mol. The fraction of sp³-hybridized carbons (Fsp3) is 0.278. The molecule has 3 N–H and O–H groups in total. The van der Waals surface area contributed by atoms with Crippen molar-refractivity contribution in [3.8, 4) is 0 Å². The topological polar surface area (TPSA) is 99.9 Å². The minimum Gasteiger partial charge on any atom is -0.465 e. The minimum absolute atomic E-state index is 0.265. The molecule has 0 unspecified atom stereocenters. The molecule has 3 rings (SSSR count). The third-order valence-corrected chi connectivity index (χ3v) is 4.15. The van der Waals surface area contributed by atoms with Crippen molar-refractivity contribution in [2.45, 2.75) is 26.8 Å². The molecule has 3 aromatic rings. The van der Waals surface area contributed by atoms with Crippen LogP contribution in [0.25, 0.3) is 11.0 Å². The molecule has 0 spiro atoms. The predicted octanol–water partition coefficient (Wildman–Crippen LogP) is 2.48. The van der Waals surface area contributed by atoms with E-state index in [1.165, 1.54) is 7.11 Å². The van der Waals surface area contributed by atoms with Gasteiger partial charge in [-0.15, -0.1) is 0 Å². The van der Waals surface area contributed by atoms with Crippen LogP contribution in [-0.4, -0.2) is 33.9 Å². The van der Waals surface area contributed by atoms with Gasteiger partial charge in [-0.25, -0.2) is 9.78 Å². The second kappa shape index (κ2) is 6.80. The van der Waals surface area contributed by atoms with Gasteiger partial charge in [0.1, 0.15) is 11.5 Å². The molecule has 7 heteroatoms. The number of carbonyl (C=O) groups is 2. The number of fused-ring (bicyclic) bond motifs is 1. The molecule has 2 heterocycles. The number of ether oxygens (including phenoxy) is 1. The summed E-state index contributed by atoms with van der Waals surface area (Å²) in [5.74, 6) is -0.0626. The van der Waals surface area contributed by atoms with Crippen LogP contribution in [0.1, 0.15) is 44.9 Å². The van der Waals surface area contributed by atoms with Gasteiger partial charge >= 0.3 is 5.97 Å². The number of aryl methyl sites for hydroxylation is 1. The average molecular weight is 340 g/mol. The Morgan fingerprint density at radius 3 is 2.68 bits per heavy atom. The molecule has 0 fully saturated rings. The highest BCUT2D eigenvalue weighted by Crippen LogP contribution is 2.20. The summed E-state index contributed by atoms with van der Waals surface area (Å²) in [6.07, 6.45) is 0.599. The van der Waals surface area contributed by atoms with E-state index < -0.39 is 5.97 Å². The Morgan fingerprint density at radius 2 is 2.00 bits per heavy atom. The Kier molecular flexibility index (Phi) is 4.56. The van der Waals surface area contributed by atoms with Gasteiger partial charge in [0.15, 0.2) is 0 Å². The number of hydrogen-bond donors (Lipinski definition) is 3. The third-order valence-electron chi connectivity index (χ3n) is 4.15. The second-order valence-corrected chi connectivity index (χ2v) is 5.71. The monoisotopic (exact) mass is 340 g/mol. The highest BCUT2D eigenvalue weighted by molar-refractivity contribution is 6.00. The molecule has 7 nitrogen and oxygen atoms in total. The molecule has 130 valence electrons. The number of esters is 1. The molecule has 0 saturated carbocycles. The van der Waals surface area contributed by atoms with Crippen molar-refractivity contribution in [1.82, 2.24) is 20.3 Å². The molecule has 0 saturated heterocycles. The van der Waals surface area contributed by atoms with E-state index in [1.54, 1.807) is 6.92 Å². The lowest BCUT2D eigenvalue weighted by atomic mass is 10.1. The fourth-order valence-electron chi connectivity index (χ4n) is 2.87. The minimum atomic E-state index is -0.443. The zero-order valence-corrected chi connectivity index (χ0v) is 14.4. The van der Waals surface area contributed by atoms with E-state index in [2.05, 4.69) is 20.3 Å². The molecule has 0 bridgehead atoms. The maximum atomic E-state index is 12.5. The summed E-state index contributed by atoms with van der Waals surface area (Å²) in [7, 11) is 1.33. The first-order valence-corrected chi connectivity index (χ1v) is 8.06. The molecule has 25 heavy (non-hydrogen) atoms. The van der Waals surface area contributed by atoms with Crippen LogP contribution in [0.15, 0.2) is 24.3 Å². The van der Waals surface area contributed by atoms with Crippen LogP contribution < -0.4 is 5.32 Å². The van der Waals surface area contributed by atoms with Crippen LogP contribution in [0.4, 0.5) is 0 Å². The van der Waals surface area contributed by atoms with Crippen molar-refractivity contribution >= 4 is 22.9 Å². The summed E-state index contributed by atoms with van der Waals surface area (Å²) in [6.45, 7) is 3.91. The quantitative estimate of drug-likeness (QED) is 0.621. The second-order valence-electron chi connectivity index (χ2n) is 5.71. The zero-order valence-electron chi connectivity index (χ0n) is 14.4. The summed E-state index contributed by atoms with van der Waals surface area (Å²) in [4.78, 5) is 35.1. The number of rotatable bonds is 5. The van der Waals surface area contributed by atoms with Gasteiger partial charge in [-0.3, -0.25) is 4.79 Å². The maximum absolute atomic E-state index is 12.5. The molecule has 0 atom stereocenters. The Hall–Kier alpha value is -3.09. The lowest BCUT2D eigenvalue weighted by molar-refractivity contribution is 0.0599. The Bertz CT molecular complexity index is 906. The van der Waals surface area contributed by atoms with Crippen LogP contribution in [0.3, 0.4) is 0 Å². The van der Waals surface area contributed by atoms with Gasteiger partial charge in [0.05, 0.1) is 30.3 Å². The van der Waals surface area contributed by atoms with Crippen molar-refractivity contribution in [2.24, 2.45) is 0 Å². The molecule has 0 aliphatic rings. The number of aromatic nitrogens is 3. The molecular weight excluding hydrogens is 320 g/mol. The first-order valence-electron chi connectivity index (χ1n) is 8.06. The number of H-pyrrole nitrogens is 2. The van der Waals surface area contributed by atoms with Crippen LogP contribution in [0, 0.1) is 6.92 Å². The van der Waals surface area contributed by atoms with Gasteiger partial charge in [-0.2, -0.15) is 0 Å². The molecule has 0 aliphatic carbocycles. The number of benzene rings is 1. The normalized spacial score (nSPS) is 10.8. The highest BCUT2D eigenvalue weighted by Gasteiger charge is 2.23. The Morgan fingerprint density at radius 1 is 1.24 bits per heavy atom. The van der Waals surface area contributed by atoms with Crippen LogP contribution >= 0.6 is 0 Å². The number of hydrogen-bond acceptors (Lipinski definition) is 4. The molecule has 1 amide bonds. The highest BCUT2D eigenvalue weighted by atomic mass is 16.5. The molecule has 1 aromatic carbocycles. The van der Waals surface area contributed by atoms with Crippen LogP contribution in [0.2, 0.25) is 0 Å². The zero-order chi connectivity index (χ0) is 18.0. The van der Waals surface area contributed by atoms with Gasteiger partial charge in [0.25, 0.3) is 5.91 Å². The summed E-state index contributed by atoms with van der Waals surface area (Å²) >= 11 is 0. The SMILES string of the molecule is CCc1[nH]c(C(=O)NCc2nc3ccccc3[nH]2)c(C)c1C(=O)OC. The molecule has 0 radical (unpaired) electrons. The largest absolute Gasteiger partial charge is 0.465 e. The first-order chi connectivity index (χ1) is 12.0. The third kappa shape index (κ3) is 3.13. The fourth-order valence-corrected chi connectivity index (χ4v) is 2.87.